The standard InChI is InChI=1S/C23H17BrN2O5/c24-18-5-9-19(10-6-18)30-15-22(27)31-20-7-3-16(4-8-20)12-17(13-25)23(28)26-14-21-2-1-11-29-21/h1-12H,14-15H2,(H,26,28)/b17-12+. The average Bonchev–Trinajstić information content (AvgIpc) is 3.30. The summed E-state index contributed by atoms with van der Waals surface area (Å²) in [6.07, 6.45) is 2.95. The van der Waals surface area contributed by atoms with Crippen LogP contribution in [0.4, 0.5) is 0 Å². The van der Waals surface area contributed by atoms with Gasteiger partial charge in [0, 0.05) is 4.47 Å². The number of hydrogen-bond donors (Lipinski definition) is 1. The molecule has 0 saturated heterocycles. The van der Waals surface area contributed by atoms with Crippen molar-refractivity contribution in [2.45, 2.75) is 6.54 Å². The Kier molecular flexibility index (Phi) is 7.62. The summed E-state index contributed by atoms with van der Waals surface area (Å²) >= 11 is 3.32. The van der Waals surface area contributed by atoms with Crippen molar-refractivity contribution in [3.05, 3.63) is 88.3 Å². The second-order valence-electron chi connectivity index (χ2n) is 6.22. The summed E-state index contributed by atoms with van der Waals surface area (Å²) in [5.41, 5.74) is 0.551. The molecule has 156 valence electrons. The molecule has 1 heterocycles. The minimum atomic E-state index is -0.554. The summed E-state index contributed by atoms with van der Waals surface area (Å²) in [6, 6.07) is 18.8. The van der Waals surface area contributed by atoms with Crippen LogP contribution in [0.3, 0.4) is 0 Å². The first-order valence-electron chi connectivity index (χ1n) is 9.15. The van der Waals surface area contributed by atoms with Gasteiger partial charge in [-0.05, 0) is 60.2 Å². The van der Waals surface area contributed by atoms with Crippen LogP contribution < -0.4 is 14.8 Å². The zero-order valence-electron chi connectivity index (χ0n) is 16.2. The van der Waals surface area contributed by atoms with Gasteiger partial charge in [-0.15, -0.1) is 0 Å². The first-order valence-corrected chi connectivity index (χ1v) is 9.94. The number of benzene rings is 2. The normalized spacial score (nSPS) is 10.8. The van der Waals surface area contributed by atoms with Crippen molar-refractivity contribution in [1.82, 2.24) is 5.32 Å². The third-order valence-electron chi connectivity index (χ3n) is 3.96. The van der Waals surface area contributed by atoms with Crippen LogP contribution in [0.5, 0.6) is 11.5 Å². The zero-order chi connectivity index (χ0) is 22.1. The Morgan fingerprint density at radius 2 is 1.77 bits per heavy atom. The molecule has 0 fully saturated rings. The van der Waals surface area contributed by atoms with E-state index in [0.29, 0.717) is 22.8 Å². The molecule has 7 nitrogen and oxygen atoms in total. The highest BCUT2D eigenvalue weighted by Gasteiger charge is 2.10. The van der Waals surface area contributed by atoms with E-state index in [4.69, 9.17) is 13.9 Å². The molecule has 8 heteroatoms. The first kappa shape index (κ1) is 21.9. The Hall–Kier alpha value is -3.83. The Morgan fingerprint density at radius 3 is 2.42 bits per heavy atom. The fraction of sp³-hybridized carbons (Fsp3) is 0.0870. The summed E-state index contributed by atoms with van der Waals surface area (Å²) in [5.74, 6) is 0.388. The minimum Gasteiger partial charge on any atom is -0.482 e. The fourth-order valence-electron chi connectivity index (χ4n) is 2.46. The molecule has 3 rings (SSSR count). The van der Waals surface area contributed by atoms with E-state index < -0.39 is 11.9 Å². The molecule has 0 atom stereocenters. The third-order valence-corrected chi connectivity index (χ3v) is 4.49. The summed E-state index contributed by atoms with van der Waals surface area (Å²) in [4.78, 5) is 24.1. The molecule has 0 bridgehead atoms. The first-order chi connectivity index (χ1) is 15.0. The molecule has 1 aromatic heterocycles. The summed E-state index contributed by atoms with van der Waals surface area (Å²) < 4.78 is 16.6. The van der Waals surface area contributed by atoms with Gasteiger partial charge in [-0.3, -0.25) is 4.79 Å². The van der Waals surface area contributed by atoms with E-state index in [1.807, 2.05) is 6.07 Å². The van der Waals surface area contributed by atoms with Gasteiger partial charge in [0.2, 0.25) is 0 Å². The van der Waals surface area contributed by atoms with E-state index in [1.165, 1.54) is 12.3 Å². The van der Waals surface area contributed by atoms with Gasteiger partial charge in [0.15, 0.2) is 6.61 Å². The number of ether oxygens (including phenoxy) is 2. The van der Waals surface area contributed by atoms with E-state index in [1.54, 1.807) is 60.7 Å². The van der Waals surface area contributed by atoms with E-state index in [0.717, 1.165) is 4.47 Å². The molecule has 2 aromatic carbocycles. The predicted molar refractivity (Wildman–Crippen MR) is 116 cm³/mol. The van der Waals surface area contributed by atoms with Gasteiger partial charge in [0.25, 0.3) is 5.91 Å². The molecule has 31 heavy (non-hydrogen) atoms. The molecule has 3 aromatic rings. The second-order valence-corrected chi connectivity index (χ2v) is 7.13. The molecule has 1 N–H and O–H groups in total. The van der Waals surface area contributed by atoms with Crippen LogP contribution in [0.25, 0.3) is 6.08 Å². The van der Waals surface area contributed by atoms with Crippen molar-refractivity contribution in [3.63, 3.8) is 0 Å². The van der Waals surface area contributed by atoms with Crippen LogP contribution >= 0.6 is 15.9 Å². The van der Waals surface area contributed by atoms with Gasteiger partial charge in [-0.2, -0.15) is 5.26 Å². The maximum absolute atomic E-state index is 12.2. The van der Waals surface area contributed by atoms with Gasteiger partial charge in [-0.25, -0.2) is 4.79 Å². The van der Waals surface area contributed by atoms with E-state index in [2.05, 4.69) is 21.2 Å². The molecule has 0 aliphatic carbocycles. The summed E-state index contributed by atoms with van der Waals surface area (Å²) in [6.45, 7) is -0.0558. The number of esters is 1. The second kappa shape index (κ2) is 10.8. The highest BCUT2D eigenvalue weighted by molar-refractivity contribution is 9.10. The number of nitrogens with one attached hydrogen (secondary N) is 1. The van der Waals surface area contributed by atoms with E-state index >= 15 is 0 Å². The Labute approximate surface area is 187 Å². The quantitative estimate of drug-likeness (QED) is 0.224. The number of carbonyl (C=O) groups excluding carboxylic acids is 2. The number of nitrogens with zero attached hydrogens (tertiary/aromatic N) is 1. The molecule has 0 aliphatic rings. The summed E-state index contributed by atoms with van der Waals surface area (Å²) in [5, 5.41) is 11.9. The van der Waals surface area contributed by atoms with Gasteiger partial charge in [0.05, 0.1) is 12.8 Å². The number of furan rings is 1. The number of rotatable bonds is 8. The maximum atomic E-state index is 12.2. The van der Waals surface area contributed by atoms with Gasteiger partial charge >= 0.3 is 5.97 Å². The minimum absolute atomic E-state index is 0.0563. The van der Waals surface area contributed by atoms with Crippen molar-refractivity contribution in [1.29, 1.82) is 5.26 Å². The SMILES string of the molecule is N#C/C(=C\c1ccc(OC(=O)COc2ccc(Br)cc2)cc1)C(=O)NCc1ccco1. The molecule has 1 amide bonds. The number of hydrogen-bond acceptors (Lipinski definition) is 6. The Morgan fingerprint density at radius 1 is 1.06 bits per heavy atom. The highest BCUT2D eigenvalue weighted by atomic mass is 79.9. The molecule has 0 unspecified atom stereocenters. The lowest BCUT2D eigenvalue weighted by Gasteiger charge is -2.07. The third kappa shape index (κ3) is 6.87. The van der Waals surface area contributed by atoms with Crippen molar-refractivity contribution >= 4 is 33.9 Å². The smallest absolute Gasteiger partial charge is 0.349 e. The largest absolute Gasteiger partial charge is 0.482 e. The Balaban J connectivity index is 1.53. The fourth-order valence-corrected chi connectivity index (χ4v) is 2.72. The number of nitriles is 1. The molecular weight excluding hydrogens is 464 g/mol. The molecule has 0 spiro atoms. The molecule has 0 radical (unpaired) electrons. The summed E-state index contributed by atoms with van der Waals surface area (Å²) in [7, 11) is 0. The van der Waals surface area contributed by atoms with Crippen LogP contribution in [0.2, 0.25) is 0 Å². The van der Waals surface area contributed by atoms with E-state index in [-0.39, 0.29) is 18.7 Å². The van der Waals surface area contributed by atoms with Crippen molar-refractivity contribution < 1.29 is 23.5 Å². The maximum Gasteiger partial charge on any atom is 0.349 e. The number of carbonyl (C=O) groups is 2. The topological polar surface area (TPSA) is 102 Å². The van der Waals surface area contributed by atoms with Crippen molar-refractivity contribution in [2.24, 2.45) is 0 Å². The van der Waals surface area contributed by atoms with Gasteiger partial charge in [-0.1, -0.05) is 28.1 Å². The molecular formula is C23H17BrN2O5. The average molecular weight is 481 g/mol. The number of amides is 1. The van der Waals surface area contributed by atoms with Crippen LogP contribution in [0.1, 0.15) is 11.3 Å². The van der Waals surface area contributed by atoms with Crippen LogP contribution in [0, 0.1) is 11.3 Å². The lowest BCUT2D eigenvalue weighted by Crippen LogP contribution is -2.23. The highest BCUT2D eigenvalue weighted by Crippen LogP contribution is 2.17. The van der Waals surface area contributed by atoms with Gasteiger partial charge in [0.1, 0.15) is 28.9 Å². The van der Waals surface area contributed by atoms with Crippen molar-refractivity contribution in [3.8, 4) is 17.6 Å². The lowest BCUT2D eigenvalue weighted by molar-refractivity contribution is -0.136. The van der Waals surface area contributed by atoms with Crippen LogP contribution in [0.15, 0.2) is 81.4 Å². The zero-order valence-corrected chi connectivity index (χ0v) is 17.8. The van der Waals surface area contributed by atoms with Crippen molar-refractivity contribution in [2.75, 3.05) is 6.61 Å². The van der Waals surface area contributed by atoms with Crippen LogP contribution in [-0.2, 0) is 16.1 Å². The monoisotopic (exact) mass is 480 g/mol. The van der Waals surface area contributed by atoms with Crippen LogP contribution in [-0.4, -0.2) is 18.5 Å². The predicted octanol–water partition coefficient (Wildman–Crippen LogP) is 4.25. The molecule has 0 aliphatic heterocycles. The van der Waals surface area contributed by atoms with E-state index in [9.17, 15) is 14.9 Å². The molecule has 0 saturated carbocycles. The van der Waals surface area contributed by atoms with Gasteiger partial charge < -0.3 is 19.2 Å². The lowest BCUT2D eigenvalue weighted by atomic mass is 10.1. The Bertz CT molecular complexity index is 1100. The number of halogens is 1.